The van der Waals surface area contributed by atoms with Gasteiger partial charge < -0.3 is 14.9 Å². The number of hydrogen-bond acceptors (Lipinski definition) is 3. The van der Waals surface area contributed by atoms with Gasteiger partial charge in [0.05, 0.1) is 0 Å². The van der Waals surface area contributed by atoms with Crippen LogP contribution >= 0.6 is 0 Å². The van der Waals surface area contributed by atoms with E-state index in [0.717, 1.165) is 0 Å². The lowest BCUT2D eigenvalue weighted by molar-refractivity contribution is 0.0201. The molecule has 0 aromatic carbocycles. The predicted octanol–water partition coefficient (Wildman–Crippen LogP) is 1.09. The minimum Gasteiger partial charge on any atom is -0.450 e. The molecule has 0 amide bonds. The smallest absolute Gasteiger partial charge is 0.450 e. The Morgan fingerprint density at radius 2 is 2.09 bits per heavy atom. The number of aliphatic hydroxyl groups excluding tert-OH is 1. The van der Waals surface area contributed by atoms with Crippen LogP contribution in [0.25, 0.3) is 0 Å². The van der Waals surface area contributed by atoms with Gasteiger partial charge in [0.25, 0.3) is 0 Å². The van der Waals surface area contributed by atoms with Crippen molar-refractivity contribution >= 4 is 6.16 Å². The average Bonchev–Trinajstić information content (AvgIpc) is 1.86. The molecule has 2 N–H and O–H groups in total. The first-order chi connectivity index (χ1) is 5.07. The lowest BCUT2D eigenvalue weighted by Gasteiger charge is -2.17. The SMILES string of the molecule is CC(C)C(CCO)OC(=O)O. The van der Waals surface area contributed by atoms with E-state index in [1.165, 1.54) is 0 Å². The molecule has 66 valence electrons. The molecule has 0 aliphatic carbocycles. The largest absolute Gasteiger partial charge is 0.506 e. The van der Waals surface area contributed by atoms with E-state index in [4.69, 9.17) is 10.2 Å². The van der Waals surface area contributed by atoms with Gasteiger partial charge in [-0.3, -0.25) is 0 Å². The topological polar surface area (TPSA) is 66.8 Å². The number of rotatable bonds is 4. The van der Waals surface area contributed by atoms with Crippen molar-refractivity contribution in [2.45, 2.75) is 26.4 Å². The normalized spacial score (nSPS) is 13.1. The summed E-state index contributed by atoms with van der Waals surface area (Å²) < 4.78 is 4.51. The van der Waals surface area contributed by atoms with E-state index in [0.29, 0.717) is 6.42 Å². The van der Waals surface area contributed by atoms with Crippen molar-refractivity contribution in [3.63, 3.8) is 0 Å². The quantitative estimate of drug-likeness (QED) is 0.607. The molecule has 0 spiro atoms. The first-order valence-corrected chi connectivity index (χ1v) is 3.58. The summed E-state index contributed by atoms with van der Waals surface area (Å²) >= 11 is 0. The number of hydrogen-bond donors (Lipinski definition) is 2. The molecular weight excluding hydrogens is 148 g/mol. The zero-order valence-electron chi connectivity index (χ0n) is 6.78. The summed E-state index contributed by atoms with van der Waals surface area (Å²) in [5.41, 5.74) is 0. The number of carbonyl (C=O) groups is 1. The zero-order chi connectivity index (χ0) is 8.85. The second kappa shape index (κ2) is 4.96. The molecule has 0 saturated heterocycles. The summed E-state index contributed by atoms with van der Waals surface area (Å²) in [5.74, 6) is 0.109. The Bertz CT molecular complexity index is 122. The van der Waals surface area contributed by atoms with E-state index < -0.39 is 12.3 Å². The van der Waals surface area contributed by atoms with E-state index >= 15 is 0 Å². The summed E-state index contributed by atoms with van der Waals surface area (Å²) in [6.07, 6.45) is -1.31. The third-order valence-corrected chi connectivity index (χ3v) is 1.41. The molecular formula is C7H14O4. The molecule has 11 heavy (non-hydrogen) atoms. The highest BCUT2D eigenvalue weighted by Gasteiger charge is 2.16. The Balaban J connectivity index is 3.79. The number of carboxylic acid groups (broad SMARTS) is 1. The van der Waals surface area contributed by atoms with Crippen molar-refractivity contribution < 1.29 is 19.7 Å². The maximum absolute atomic E-state index is 10.1. The summed E-state index contributed by atoms with van der Waals surface area (Å²) in [6, 6.07) is 0. The Morgan fingerprint density at radius 3 is 2.36 bits per heavy atom. The van der Waals surface area contributed by atoms with Crippen molar-refractivity contribution in [3.05, 3.63) is 0 Å². The fourth-order valence-corrected chi connectivity index (χ4v) is 0.785. The van der Waals surface area contributed by atoms with Crippen molar-refractivity contribution in [3.8, 4) is 0 Å². The Morgan fingerprint density at radius 1 is 1.55 bits per heavy atom. The first kappa shape index (κ1) is 10.2. The molecule has 1 atom stereocenters. The first-order valence-electron chi connectivity index (χ1n) is 3.58. The summed E-state index contributed by atoms with van der Waals surface area (Å²) in [6.45, 7) is 3.66. The molecule has 0 aliphatic rings. The monoisotopic (exact) mass is 162 g/mol. The number of ether oxygens (including phenoxy) is 1. The molecule has 0 rings (SSSR count). The second-order valence-corrected chi connectivity index (χ2v) is 2.68. The molecule has 0 saturated carbocycles. The molecule has 4 heteroatoms. The molecule has 0 heterocycles. The fourth-order valence-electron chi connectivity index (χ4n) is 0.785. The highest BCUT2D eigenvalue weighted by atomic mass is 16.7. The Kier molecular flexibility index (Phi) is 4.61. The van der Waals surface area contributed by atoms with E-state index in [2.05, 4.69) is 4.74 Å². The zero-order valence-corrected chi connectivity index (χ0v) is 6.78. The third-order valence-electron chi connectivity index (χ3n) is 1.41. The summed E-state index contributed by atoms with van der Waals surface area (Å²) in [7, 11) is 0. The maximum atomic E-state index is 10.1. The molecule has 0 bridgehead atoms. The van der Waals surface area contributed by atoms with Crippen LogP contribution in [0.2, 0.25) is 0 Å². The van der Waals surface area contributed by atoms with Crippen molar-refractivity contribution in [2.24, 2.45) is 5.92 Å². The van der Waals surface area contributed by atoms with Crippen molar-refractivity contribution in [1.82, 2.24) is 0 Å². The third kappa shape index (κ3) is 4.61. The van der Waals surface area contributed by atoms with Crippen LogP contribution in [0.4, 0.5) is 4.79 Å². The van der Waals surface area contributed by atoms with Crippen LogP contribution in [0.5, 0.6) is 0 Å². The lowest BCUT2D eigenvalue weighted by atomic mass is 10.1. The van der Waals surface area contributed by atoms with Crippen LogP contribution in [0, 0.1) is 5.92 Å². The van der Waals surface area contributed by atoms with Crippen LogP contribution in [-0.4, -0.2) is 29.1 Å². The van der Waals surface area contributed by atoms with Crippen LogP contribution in [0.15, 0.2) is 0 Å². The van der Waals surface area contributed by atoms with Crippen molar-refractivity contribution in [1.29, 1.82) is 0 Å². The van der Waals surface area contributed by atoms with Crippen LogP contribution < -0.4 is 0 Å². The minimum atomic E-state index is -1.28. The van der Waals surface area contributed by atoms with Gasteiger partial charge in [-0.05, 0) is 5.92 Å². The predicted molar refractivity (Wildman–Crippen MR) is 39.4 cm³/mol. The van der Waals surface area contributed by atoms with Gasteiger partial charge in [0.1, 0.15) is 6.10 Å². The molecule has 0 aliphatic heterocycles. The highest BCUT2D eigenvalue weighted by molar-refractivity contribution is 5.57. The minimum absolute atomic E-state index is 0.0455. The second-order valence-electron chi connectivity index (χ2n) is 2.68. The van der Waals surface area contributed by atoms with Gasteiger partial charge >= 0.3 is 6.16 Å². The molecule has 4 nitrogen and oxygen atoms in total. The lowest BCUT2D eigenvalue weighted by Crippen LogP contribution is -2.23. The van der Waals surface area contributed by atoms with Gasteiger partial charge in [0.15, 0.2) is 0 Å². The number of aliphatic hydroxyl groups is 1. The van der Waals surface area contributed by atoms with Gasteiger partial charge in [-0.2, -0.15) is 0 Å². The Labute approximate surface area is 65.8 Å². The van der Waals surface area contributed by atoms with Crippen LogP contribution in [-0.2, 0) is 4.74 Å². The van der Waals surface area contributed by atoms with Gasteiger partial charge in [-0.1, -0.05) is 13.8 Å². The van der Waals surface area contributed by atoms with Gasteiger partial charge in [-0.15, -0.1) is 0 Å². The molecule has 0 radical (unpaired) electrons. The Hall–Kier alpha value is -0.770. The average molecular weight is 162 g/mol. The molecule has 0 aromatic heterocycles. The molecule has 0 fully saturated rings. The van der Waals surface area contributed by atoms with Crippen LogP contribution in [0.1, 0.15) is 20.3 Å². The van der Waals surface area contributed by atoms with E-state index in [9.17, 15) is 4.79 Å². The van der Waals surface area contributed by atoms with Crippen LogP contribution in [0.3, 0.4) is 0 Å². The van der Waals surface area contributed by atoms with E-state index in [1.807, 2.05) is 13.8 Å². The van der Waals surface area contributed by atoms with Crippen molar-refractivity contribution in [2.75, 3.05) is 6.61 Å². The van der Waals surface area contributed by atoms with Gasteiger partial charge in [0, 0.05) is 13.0 Å². The summed E-state index contributed by atoms with van der Waals surface area (Å²) in [5, 5.41) is 16.8. The standard InChI is InChI=1S/C7H14O4/c1-5(2)6(3-4-8)11-7(9)10/h5-6,8H,3-4H2,1-2H3,(H,9,10). The maximum Gasteiger partial charge on any atom is 0.506 e. The van der Waals surface area contributed by atoms with E-state index in [1.54, 1.807) is 0 Å². The summed E-state index contributed by atoms with van der Waals surface area (Å²) in [4.78, 5) is 10.1. The van der Waals surface area contributed by atoms with E-state index in [-0.39, 0.29) is 12.5 Å². The van der Waals surface area contributed by atoms with Gasteiger partial charge in [0.2, 0.25) is 0 Å². The highest BCUT2D eigenvalue weighted by Crippen LogP contribution is 2.10. The molecule has 1 unspecified atom stereocenters. The van der Waals surface area contributed by atoms with Gasteiger partial charge in [-0.25, -0.2) is 4.79 Å². The fraction of sp³-hybridized carbons (Fsp3) is 0.857. The molecule has 0 aromatic rings.